The lowest BCUT2D eigenvalue weighted by Gasteiger charge is -2.21. The lowest BCUT2D eigenvalue weighted by Crippen LogP contribution is -2.47. The number of para-hydroxylation sites is 1. The molecule has 28 heavy (non-hydrogen) atoms. The van der Waals surface area contributed by atoms with E-state index >= 15 is 0 Å². The molecule has 0 aliphatic heterocycles. The van der Waals surface area contributed by atoms with E-state index in [0.29, 0.717) is 22.7 Å². The number of rotatable bonds is 8. The third-order valence-electron chi connectivity index (χ3n) is 4.10. The molecular weight excluding hydrogens is 360 g/mol. The fraction of sp³-hybridized carbons (Fsp3) is 0.333. The van der Waals surface area contributed by atoms with Gasteiger partial charge in [-0.2, -0.15) is 0 Å². The van der Waals surface area contributed by atoms with Gasteiger partial charge in [0.05, 0.1) is 14.2 Å². The molecule has 7 nitrogen and oxygen atoms in total. The highest BCUT2D eigenvalue weighted by Crippen LogP contribution is 2.25. The van der Waals surface area contributed by atoms with Crippen molar-refractivity contribution in [1.29, 1.82) is 0 Å². The molecule has 0 aromatic heterocycles. The van der Waals surface area contributed by atoms with E-state index in [0.717, 1.165) is 0 Å². The molecule has 0 unspecified atom stereocenters. The van der Waals surface area contributed by atoms with Gasteiger partial charge in [0.25, 0.3) is 0 Å². The smallest absolute Gasteiger partial charge is 0.329 e. The molecule has 2 amide bonds. The number of methoxy groups -OCH3 is 2. The molecular formula is C21H26N2O5. The Balaban J connectivity index is 2.00. The number of esters is 1. The van der Waals surface area contributed by atoms with Gasteiger partial charge in [-0.25, -0.2) is 9.59 Å². The van der Waals surface area contributed by atoms with E-state index < -0.39 is 18.0 Å². The first-order chi connectivity index (χ1) is 13.4. The Morgan fingerprint density at radius 1 is 1.00 bits per heavy atom. The first kappa shape index (κ1) is 21.1. The van der Waals surface area contributed by atoms with Crippen molar-refractivity contribution in [3.8, 4) is 11.5 Å². The molecule has 7 heteroatoms. The van der Waals surface area contributed by atoms with Crippen LogP contribution in [0.5, 0.6) is 11.5 Å². The van der Waals surface area contributed by atoms with Gasteiger partial charge in [-0.1, -0.05) is 32.0 Å². The van der Waals surface area contributed by atoms with Crippen molar-refractivity contribution in [3.63, 3.8) is 0 Å². The molecule has 0 fully saturated rings. The molecule has 0 radical (unpaired) electrons. The second kappa shape index (κ2) is 10.2. The first-order valence-electron chi connectivity index (χ1n) is 8.94. The van der Waals surface area contributed by atoms with Crippen molar-refractivity contribution in [1.82, 2.24) is 5.32 Å². The summed E-state index contributed by atoms with van der Waals surface area (Å²) in [5, 5.41) is 5.37. The van der Waals surface area contributed by atoms with Gasteiger partial charge < -0.3 is 24.8 Å². The Hall–Kier alpha value is -3.22. The van der Waals surface area contributed by atoms with Crippen LogP contribution in [0.1, 0.15) is 19.4 Å². The van der Waals surface area contributed by atoms with Crippen LogP contribution >= 0.6 is 0 Å². The standard InChI is InChI=1S/C21H26N2O5/c1-14(2)19(23-21(25)22-16-8-6-5-7-9-16)20(24)28-13-15-12-17(26-3)10-11-18(15)27-4/h5-12,14,19H,13H2,1-4H3,(H2,22,23,25)/t19-/m0/s1. The van der Waals surface area contributed by atoms with Gasteiger partial charge in [0.15, 0.2) is 0 Å². The van der Waals surface area contributed by atoms with E-state index in [4.69, 9.17) is 14.2 Å². The largest absolute Gasteiger partial charge is 0.497 e. The highest BCUT2D eigenvalue weighted by molar-refractivity contribution is 5.92. The number of ether oxygens (including phenoxy) is 3. The normalized spacial score (nSPS) is 11.5. The van der Waals surface area contributed by atoms with Crippen molar-refractivity contribution < 1.29 is 23.8 Å². The first-order valence-corrected chi connectivity index (χ1v) is 8.94. The SMILES string of the molecule is COc1ccc(OC)c(COC(=O)[C@@H](NC(=O)Nc2ccccc2)C(C)C)c1. The van der Waals surface area contributed by atoms with Gasteiger partial charge in [-0.3, -0.25) is 0 Å². The highest BCUT2D eigenvalue weighted by Gasteiger charge is 2.26. The quantitative estimate of drug-likeness (QED) is 0.677. The molecule has 150 valence electrons. The summed E-state index contributed by atoms with van der Waals surface area (Å²) in [5.74, 6) is 0.543. The maximum Gasteiger partial charge on any atom is 0.329 e. The minimum Gasteiger partial charge on any atom is -0.497 e. The maximum absolute atomic E-state index is 12.6. The van der Waals surface area contributed by atoms with Crippen LogP contribution in [0.3, 0.4) is 0 Å². The number of carbonyl (C=O) groups is 2. The Morgan fingerprint density at radius 2 is 1.71 bits per heavy atom. The van der Waals surface area contributed by atoms with E-state index in [2.05, 4.69) is 10.6 Å². The Bertz CT molecular complexity index is 793. The molecule has 0 aliphatic rings. The zero-order chi connectivity index (χ0) is 20.5. The Kier molecular flexibility index (Phi) is 7.68. The summed E-state index contributed by atoms with van der Waals surface area (Å²) in [7, 11) is 3.10. The lowest BCUT2D eigenvalue weighted by atomic mass is 10.1. The predicted molar refractivity (Wildman–Crippen MR) is 107 cm³/mol. The second-order valence-electron chi connectivity index (χ2n) is 6.47. The number of benzene rings is 2. The number of urea groups is 1. The molecule has 2 N–H and O–H groups in total. The maximum atomic E-state index is 12.6. The van der Waals surface area contributed by atoms with E-state index in [-0.39, 0.29) is 12.5 Å². The monoisotopic (exact) mass is 386 g/mol. The van der Waals surface area contributed by atoms with E-state index in [1.807, 2.05) is 32.0 Å². The van der Waals surface area contributed by atoms with Crippen molar-refractivity contribution in [2.75, 3.05) is 19.5 Å². The third-order valence-corrected chi connectivity index (χ3v) is 4.10. The summed E-state index contributed by atoms with van der Waals surface area (Å²) >= 11 is 0. The van der Waals surface area contributed by atoms with Crippen molar-refractivity contribution in [3.05, 3.63) is 54.1 Å². The van der Waals surface area contributed by atoms with Crippen LogP contribution in [0, 0.1) is 5.92 Å². The molecule has 2 aromatic carbocycles. The Morgan fingerprint density at radius 3 is 2.32 bits per heavy atom. The van der Waals surface area contributed by atoms with Crippen LogP contribution in [0.25, 0.3) is 0 Å². The molecule has 0 aliphatic carbocycles. The van der Waals surface area contributed by atoms with Gasteiger partial charge in [-0.15, -0.1) is 0 Å². The summed E-state index contributed by atoms with van der Waals surface area (Å²) in [5.41, 5.74) is 1.31. The molecule has 0 heterocycles. The summed E-state index contributed by atoms with van der Waals surface area (Å²) in [6.07, 6.45) is 0. The second-order valence-corrected chi connectivity index (χ2v) is 6.47. The molecule has 2 aromatic rings. The van der Waals surface area contributed by atoms with Crippen LogP contribution in [0.2, 0.25) is 0 Å². The van der Waals surface area contributed by atoms with Gasteiger partial charge >= 0.3 is 12.0 Å². The fourth-order valence-corrected chi connectivity index (χ4v) is 2.56. The van der Waals surface area contributed by atoms with Crippen molar-refractivity contribution in [2.45, 2.75) is 26.5 Å². The number of nitrogens with one attached hydrogen (secondary N) is 2. The number of hydrogen-bond acceptors (Lipinski definition) is 5. The van der Waals surface area contributed by atoms with Crippen LogP contribution in [-0.4, -0.2) is 32.3 Å². The zero-order valence-corrected chi connectivity index (χ0v) is 16.5. The molecule has 0 saturated heterocycles. The number of amides is 2. The molecule has 0 spiro atoms. The highest BCUT2D eigenvalue weighted by atomic mass is 16.5. The molecule has 0 saturated carbocycles. The molecule has 1 atom stereocenters. The topological polar surface area (TPSA) is 85.9 Å². The van der Waals surface area contributed by atoms with Crippen LogP contribution < -0.4 is 20.1 Å². The summed E-state index contributed by atoms with van der Waals surface area (Å²) < 4.78 is 15.9. The minimum absolute atomic E-state index is 0.00438. The summed E-state index contributed by atoms with van der Waals surface area (Å²) in [4.78, 5) is 24.8. The average Bonchev–Trinajstić information content (AvgIpc) is 2.70. The number of carbonyl (C=O) groups excluding carboxylic acids is 2. The molecule has 0 bridgehead atoms. The van der Waals surface area contributed by atoms with E-state index in [9.17, 15) is 9.59 Å². The number of hydrogen-bond donors (Lipinski definition) is 2. The predicted octanol–water partition coefficient (Wildman–Crippen LogP) is 3.59. The van der Waals surface area contributed by atoms with Gasteiger partial charge in [0.1, 0.15) is 24.1 Å². The van der Waals surface area contributed by atoms with Gasteiger partial charge in [0, 0.05) is 11.3 Å². The molecule has 2 rings (SSSR count). The summed E-state index contributed by atoms with van der Waals surface area (Å²) in [6.45, 7) is 3.67. The van der Waals surface area contributed by atoms with Crippen LogP contribution in [0.4, 0.5) is 10.5 Å². The van der Waals surface area contributed by atoms with E-state index in [1.54, 1.807) is 44.6 Å². The third kappa shape index (κ3) is 5.90. The summed E-state index contributed by atoms with van der Waals surface area (Å²) in [6, 6.07) is 13.0. The Labute approximate surface area is 165 Å². The van der Waals surface area contributed by atoms with Crippen LogP contribution in [-0.2, 0) is 16.1 Å². The van der Waals surface area contributed by atoms with E-state index in [1.165, 1.54) is 0 Å². The van der Waals surface area contributed by atoms with Crippen molar-refractivity contribution in [2.24, 2.45) is 5.92 Å². The van der Waals surface area contributed by atoms with Gasteiger partial charge in [0.2, 0.25) is 0 Å². The van der Waals surface area contributed by atoms with Gasteiger partial charge in [-0.05, 0) is 36.2 Å². The van der Waals surface area contributed by atoms with Crippen molar-refractivity contribution >= 4 is 17.7 Å². The zero-order valence-electron chi connectivity index (χ0n) is 16.5. The lowest BCUT2D eigenvalue weighted by molar-refractivity contribution is -0.148. The minimum atomic E-state index is -0.791. The average molecular weight is 386 g/mol. The fourth-order valence-electron chi connectivity index (χ4n) is 2.56. The number of anilines is 1. The van der Waals surface area contributed by atoms with Crippen LogP contribution in [0.15, 0.2) is 48.5 Å².